The Bertz CT molecular complexity index is 1400. The third kappa shape index (κ3) is 4.37. The maximum absolute atomic E-state index is 13.4. The number of hydrogen-bond acceptors (Lipinski definition) is 5. The molecule has 3 aliphatic heterocycles. The van der Waals surface area contributed by atoms with Gasteiger partial charge in [-0.1, -0.05) is 24.3 Å². The van der Waals surface area contributed by atoms with Gasteiger partial charge in [0.1, 0.15) is 5.82 Å². The summed E-state index contributed by atoms with van der Waals surface area (Å²) in [5.74, 6) is 1.06. The lowest BCUT2D eigenvalue weighted by Crippen LogP contribution is -2.46. The average Bonchev–Trinajstić information content (AvgIpc) is 3.48. The van der Waals surface area contributed by atoms with Crippen LogP contribution in [0.1, 0.15) is 36.8 Å². The van der Waals surface area contributed by atoms with Crippen LogP contribution >= 0.6 is 0 Å². The van der Waals surface area contributed by atoms with E-state index in [1.165, 1.54) is 11.1 Å². The van der Waals surface area contributed by atoms with Crippen molar-refractivity contribution >= 4 is 32.7 Å². The number of hydrogen-bond donors (Lipinski definition) is 0. The Labute approximate surface area is 212 Å². The SMILES string of the molecule is O=C([C@H]1CCCN(c2ccc3cc(S(=O)(=O)N4CCCC4)ccc3n2)C1)N1CCc2ccccc2C1. The zero-order valence-corrected chi connectivity index (χ0v) is 21.3. The van der Waals surface area contributed by atoms with Gasteiger partial charge >= 0.3 is 0 Å². The van der Waals surface area contributed by atoms with Crippen LogP contribution in [0.3, 0.4) is 0 Å². The first kappa shape index (κ1) is 23.4. The Balaban J connectivity index is 1.18. The molecule has 7 nitrogen and oxygen atoms in total. The monoisotopic (exact) mass is 504 g/mol. The molecule has 188 valence electrons. The Morgan fingerprint density at radius 2 is 1.69 bits per heavy atom. The molecule has 0 spiro atoms. The lowest BCUT2D eigenvalue weighted by Gasteiger charge is -2.37. The number of benzene rings is 2. The van der Waals surface area contributed by atoms with Gasteiger partial charge in [-0.15, -0.1) is 0 Å². The van der Waals surface area contributed by atoms with E-state index in [9.17, 15) is 13.2 Å². The van der Waals surface area contributed by atoms with E-state index in [4.69, 9.17) is 4.98 Å². The van der Waals surface area contributed by atoms with E-state index in [-0.39, 0.29) is 11.8 Å². The molecule has 0 unspecified atom stereocenters. The van der Waals surface area contributed by atoms with Crippen molar-refractivity contribution in [1.29, 1.82) is 0 Å². The van der Waals surface area contributed by atoms with Gasteiger partial charge in [-0.3, -0.25) is 4.79 Å². The van der Waals surface area contributed by atoms with Gasteiger partial charge < -0.3 is 9.80 Å². The molecule has 3 aliphatic rings. The number of carbonyl (C=O) groups excluding carboxylic acids is 1. The van der Waals surface area contributed by atoms with E-state index < -0.39 is 10.0 Å². The fourth-order valence-corrected chi connectivity index (χ4v) is 7.39. The van der Waals surface area contributed by atoms with Gasteiger partial charge in [-0.05, 0) is 73.6 Å². The maximum atomic E-state index is 13.4. The molecule has 36 heavy (non-hydrogen) atoms. The molecule has 8 heteroatoms. The van der Waals surface area contributed by atoms with E-state index in [0.29, 0.717) is 31.1 Å². The molecule has 0 bridgehead atoms. The van der Waals surface area contributed by atoms with Crippen LogP contribution in [0.2, 0.25) is 0 Å². The van der Waals surface area contributed by atoms with Crippen molar-refractivity contribution in [1.82, 2.24) is 14.2 Å². The first-order valence-corrected chi connectivity index (χ1v) is 14.4. The summed E-state index contributed by atoms with van der Waals surface area (Å²) in [6.07, 6.45) is 4.61. The summed E-state index contributed by atoms with van der Waals surface area (Å²) in [6.45, 7) is 4.20. The number of sulfonamides is 1. The van der Waals surface area contributed by atoms with Gasteiger partial charge in [0, 0.05) is 44.7 Å². The molecule has 1 atom stereocenters. The predicted octanol–water partition coefficient (Wildman–Crippen LogP) is 3.82. The molecule has 2 fully saturated rings. The van der Waals surface area contributed by atoms with E-state index in [1.807, 2.05) is 23.1 Å². The molecule has 3 aromatic rings. The molecule has 0 saturated carbocycles. The molecule has 6 rings (SSSR count). The van der Waals surface area contributed by atoms with Crippen LogP contribution in [0.15, 0.2) is 59.5 Å². The lowest BCUT2D eigenvalue weighted by molar-refractivity contribution is -0.136. The number of amides is 1. The van der Waals surface area contributed by atoms with E-state index in [1.54, 1.807) is 22.5 Å². The minimum atomic E-state index is -3.45. The van der Waals surface area contributed by atoms with Gasteiger partial charge in [0.05, 0.1) is 16.3 Å². The number of anilines is 1. The normalized spacial score (nSPS) is 21.1. The van der Waals surface area contributed by atoms with Crippen molar-refractivity contribution < 1.29 is 13.2 Å². The van der Waals surface area contributed by atoms with Gasteiger partial charge in [-0.2, -0.15) is 4.31 Å². The largest absolute Gasteiger partial charge is 0.356 e. The molecule has 2 aromatic carbocycles. The van der Waals surface area contributed by atoms with Gasteiger partial charge in [0.15, 0.2) is 0 Å². The summed E-state index contributed by atoms with van der Waals surface area (Å²) in [5, 5.41) is 0.815. The van der Waals surface area contributed by atoms with Crippen molar-refractivity contribution in [3.63, 3.8) is 0 Å². The fraction of sp³-hybridized carbons (Fsp3) is 0.429. The molecule has 0 aliphatic carbocycles. The van der Waals surface area contributed by atoms with Gasteiger partial charge in [0.2, 0.25) is 15.9 Å². The molecule has 1 aromatic heterocycles. The number of carbonyl (C=O) groups is 1. The molecule has 0 radical (unpaired) electrons. The summed E-state index contributed by atoms with van der Waals surface area (Å²) in [5.41, 5.74) is 3.38. The number of rotatable bonds is 4. The number of aromatic nitrogens is 1. The van der Waals surface area contributed by atoms with Crippen molar-refractivity contribution in [3.05, 3.63) is 65.7 Å². The highest BCUT2D eigenvalue weighted by atomic mass is 32.2. The minimum absolute atomic E-state index is 0.0329. The van der Waals surface area contributed by atoms with Crippen LogP contribution in [0.4, 0.5) is 5.82 Å². The Kier molecular flexibility index (Phi) is 6.17. The summed E-state index contributed by atoms with van der Waals surface area (Å²) in [7, 11) is -3.45. The zero-order valence-electron chi connectivity index (χ0n) is 20.5. The van der Waals surface area contributed by atoms with Gasteiger partial charge in [-0.25, -0.2) is 13.4 Å². The Morgan fingerprint density at radius 1 is 0.889 bits per heavy atom. The number of piperidine rings is 1. The van der Waals surface area contributed by atoms with Crippen molar-refractivity contribution in [2.75, 3.05) is 37.6 Å². The van der Waals surface area contributed by atoms with Crippen LogP contribution in [0.25, 0.3) is 10.9 Å². The Hall–Kier alpha value is -2.97. The number of fused-ring (bicyclic) bond motifs is 2. The fourth-order valence-electron chi connectivity index (χ4n) is 5.84. The van der Waals surface area contributed by atoms with Crippen LogP contribution in [-0.2, 0) is 27.8 Å². The van der Waals surface area contributed by atoms with Crippen molar-refractivity contribution in [2.45, 2.75) is 43.5 Å². The molecule has 4 heterocycles. The summed E-state index contributed by atoms with van der Waals surface area (Å²) in [4.78, 5) is 22.8. The number of nitrogens with zero attached hydrogens (tertiary/aromatic N) is 4. The molecule has 2 saturated heterocycles. The standard InChI is InChI=1S/C28H32N4O3S/c33-28(31-17-13-21-6-1-2-7-23(21)19-31)24-8-5-14-30(20-24)27-12-9-22-18-25(10-11-26(22)29-27)36(34,35)32-15-3-4-16-32/h1-2,6-7,9-12,18,24H,3-5,8,13-17,19-20H2/t24-/m0/s1. The molecular formula is C28H32N4O3S. The second-order valence-corrected chi connectivity index (χ2v) is 12.1. The number of pyridine rings is 1. The predicted molar refractivity (Wildman–Crippen MR) is 140 cm³/mol. The van der Waals surface area contributed by atoms with Crippen LogP contribution in [-0.4, -0.2) is 61.2 Å². The third-order valence-corrected chi connectivity index (χ3v) is 9.78. The highest BCUT2D eigenvalue weighted by molar-refractivity contribution is 7.89. The quantitative estimate of drug-likeness (QED) is 0.540. The second kappa shape index (κ2) is 9.48. The van der Waals surface area contributed by atoms with Crippen LogP contribution in [0.5, 0.6) is 0 Å². The summed E-state index contributed by atoms with van der Waals surface area (Å²) in [6, 6.07) is 17.5. The summed E-state index contributed by atoms with van der Waals surface area (Å²) >= 11 is 0. The van der Waals surface area contributed by atoms with E-state index in [2.05, 4.69) is 23.1 Å². The smallest absolute Gasteiger partial charge is 0.243 e. The van der Waals surface area contributed by atoms with E-state index >= 15 is 0 Å². The first-order chi connectivity index (χ1) is 17.5. The molecule has 0 N–H and O–H groups in total. The first-order valence-electron chi connectivity index (χ1n) is 13.0. The third-order valence-electron chi connectivity index (χ3n) is 7.89. The van der Waals surface area contributed by atoms with E-state index in [0.717, 1.165) is 61.9 Å². The van der Waals surface area contributed by atoms with Gasteiger partial charge in [0.25, 0.3) is 0 Å². The van der Waals surface area contributed by atoms with Crippen LogP contribution < -0.4 is 4.90 Å². The second-order valence-electron chi connectivity index (χ2n) is 10.2. The van der Waals surface area contributed by atoms with Crippen LogP contribution in [0, 0.1) is 5.92 Å². The Morgan fingerprint density at radius 3 is 2.53 bits per heavy atom. The lowest BCUT2D eigenvalue weighted by atomic mass is 9.94. The topological polar surface area (TPSA) is 73.8 Å². The minimum Gasteiger partial charge on any atom is -0.356 e. The highest BCUT2D eigenvalue weighted by Crippen LogP contribution is 2.29. The summed E-state index contributed by atoms with van der Waals surface area (Å²) < 4.78 is 27.5. The highest BCUT2D eigenvalue weighted by Gasteiger charge is 2.32. The van der Waals surface area contributed by atoms with Crippen molar-refractivity contribution in [3.8, 4) is 0 Å². The average molecular weight is 505 g/mol. The molecular weight excluding hydrogens is 472 g/mol. The zero-order chi connectivity index (χ0) is 24.7. The molecule has 1 amide bonds. The van der Waals surface area contributed by atoms with Crippen molar-refractivity contribution in [2.24, 2.45) is 5.92 Å². The maximum Gasteiger partial charge on any atom is 0.243 e.